The van der Waals surface area contributed by atoms with Gasteiger partial charge in [0.15, 0.2) is 0 Å². The molecule has 2 aromatic carbocycles. The van der Waals surface area contributed by atoms with Crippen LogP contribution in [0.15, 0.2) is 57.5 Å². The lowest BCUT2D eigenvalue weighted by Crippen LogP contribution is -1.91. The lowest BCUT2D eigenvalue weighted by molar-refractivity contribution is 1.18. The van der Waals surface area contributed by atoms with Gasteiger partial charge in [-0.25, -0.2) is 0 Å². The van der Waals surface area contributed by atoms with Crippen LogP contribution < -0.4 is 0 Å². The Hall–Kier alpha value is -0.860. The second-order valence-corrected chi connectivity index (χ2v) is 6.51. The van der Waals surface area contributed by atoms with Crippen molar-refractivity contribution in [3.8, 4) is 0 Å². The third kappa shape index (κ3) is 3.62. The summed E-state index contributed by atoms with van der Waals surface area (Å²) in [6.07, 6.45) is 2.09. The summed E-state index contributed by atoms with van der Waals surface area (Å²) in [5.41, 5.74) is 5.50. The number of hydrogen-bond donors (Lipinski definition) is 0. The van der Waals surface area contributed by atoms with Crippen LogP contribution in [0.2, 0.25) is 0 Å². The van der Waals surface area contributed by atoms with E-state index in [2.05, 4.69) is 94.2 Å². The average Bonchev–Trinajstić information content (AvgIpc) is 2.47. The van der Waals surface area contributed by atoms with Gasteiger partial charge in [-0.2, -0.15) is 0 Å². The first-order valence-corrected chi connectivity index (χ1v) is 8.48. The number of benzene rings is 2. The van der Waals surface area contributed by atoms with Crippen LogP contribution in [0.4, 0.5) is 0 Å². The van der Waals surface area contributed by atoms with Crippen molar-refractivity contribution in [3.63, 3.8) is 0 Å². The highest BCUT2D eigenvalue weighted by molar-refractivity contribution is 9.10. The Balaban J connectivity index is 2.52. The van der Waals surface area contributed by atoms with E-state index < -0.39 is 0 Å². The standard InChI is InChI=1S/C18H18Br2/c1-3-17(13-5-9-15(19)10-6-13)18(4-2)14-7-11-16(20)12-8-14/h5-12H,3-4H2,1-2H3/b18-17-. The van der Waals surface area contributed by atoms with Gasteiger partial charge in [-0.1, -0.05) is 70.0 Å². The fourth-order valence-corrected chi connectivity index (χ4v) is 3.01. The number of hydrogen-bond acceptors (Lipinski definition) is 0. The van der Waals surface area contributed by atoms with Gasteiger partial charge in [0.05, 0.1) is 0 Å². The zero-order chi connectivity index (χ0) is 14.5. The maximum absolute atomic E-state index is 3.50. The minimum absolute atomic E-state index is 1.04. The van der Waals surface area contributed by atoms with Crippen LogP contribution in [0.5, 0.6) is 0 Å². The highest BCUT2D eigenvalue weighted by atomic mass is 79.9. The van der Waals surface area contributed by atoms with Gasteiger partial charge in [-0.3, -0.25) is 0 Å². The van der Waals surface area contributed by atoms with E-state index in [0.29, 0.717) is 0 Å². The minimum Gasteiger partial charge on any atom is -0.0613 e. The lowest BCUT2D eigenvalue weighted by atomic mass is 9.91. The van der Waals surface area contributed by atoms with Crippen LogP contribution in [0, 0.1) is 0 Å². The Bertz CT molecular complexity index is 537. The normalized spacial score (nSPS) is 12.2. The van der Waals surface area contributed by atoms with E-state index in [1.807, 2.05) is 0 Å². The number of halogens is 2. The van der Waals surface area contributed by atoms with E-state index in [1.165, 1.54) is 22.3 Å². The molecule has 2 rings (SSSR count). The minimum atomic E-state index is 1.04. The molecule has 2 aromatic rings. The first-order chi connectivity index (χ1) is 9.65. The van der Waals surface area contributed by atoms with Gasteiger partial charge in [-0.05, 0) is 59.4 Å². The molecule has 0 spiro atoms. The van der Waals surface area contributed by atoms with E-state index in [9.17, 15) is 0 Å². The second kappa shape index (κ2) is 7.24. The molecule has 0 nitrogen and oxygen atoms in total. The molecule has 20 heavy (non-hydrogen) atoms. The van der Waals surface area contributed by atoms with E-state index in [-0.39, 0.29) is 0 Å². The first-order valence-electron chi connectivity index (χ1n) is 6.89. The Morgan fingerprint density at radius 2 is 0.950 bits per heavy atom. The molecule has 0 aromatic heterocycles. The molecule has 0 saturated carbocycles. The van der Waals surface area contributed by atoms with Crippen molar-refractivity contribution in [2.75, 3.05) is 0 Å². The molecule has 0 atom stereocenters. The molecule has 0 aliphatic heterocycles. The van der Waals surface area contributed by atoms with Crippen molar-refractivity contribution >= 4 is 43.0 Å². The summed E-state index contributed by atoms with van der Waals surface area (Å²) < 4.78 is 2.25. The van der Waals surface area contributed by atoms with Crippen molar-refractivity contribution < 1.29 is 0 Å². The second-order valence-electron chi connectivity index (χ2n) is 4.68. The van der Waals surface area contributed by atoms with Gasteiger partial charge < -0.3 is 0 Å². The largest absolute Gasteiger partial charge is 0.0613 e. The van der Waals surface area contributed by atoms with Crippen molar-refractivity contribution in [1.82, 2.24) is 0 Å². The SMILES string of the molecule is CC/C(=C(\CC)c1ccc(Br)cc1)c1ccc(Br)cc1. The Labute approximate surface area is 138 Å². The molecule has 0 fully saturated rings. The molecule has 0 heterocycles. The van der Waals surface area contributed by atoms with Crippen LogP contribution in [0.3, 0.4) is 0 Å². The van der Waals surface area contributed by atoms with Crippen molar-refractivity contribution in [2.24, 2.45) is 0 Å². The predicted molar refractivity (Wildman–Crippen MR) is 95.7 cm³/mol. The zero-order valence-electron chi connectivity index (χ0n) is 11.8. The summed E-state index contributed by atoms with van der Waals surface area (Å²) in [6.45, 7) is 4.46. The molecule has 104 valence electrons. The molecule has 0 N–H and O–H groups in total. The molecule has 0 amide bonds. The van der Waals surface area contributed by atoms with E-state index in [4.69, 9.17) is 0 Å². The lowest BCUT2D eigenvalue weighted by Gasteiger charge is -2.14. The van der Waals surface area contributed by atoms with Crippen LogP contribution in [-0.2, 0) is 0 Å². The maximum atomic E-state index is 3.50. The molecule has 0 bridgehead atoms. The van der Waals surface area contributed by atoms with Gasteiger partial charge in [0.1, 0.15) is 0 Å². The van der Waals surface area contributed by atoms with E-state index >= 15 is 0 Å². The van der Waals surface area contributed by atoms with Crippen LogP contribution in [-0.4, -0.2) is 0 Å². The smallest absolute Gasteiger partial charge is 0.0175 e. The van der Waals surface area contributed by atoms with Crippen LogP contribution in [0.25, 0.3) is 11.1 Å². The molecule has 0 unspecified atom stereocenters. The average molecular weight is 394 g/mol. The van der Waals surface area contributed by atoms with Crippen LogP contribution in [0.1, 0.15) is 37.8 Å². The van der Waals surface area contributed by atoms with E-state index in [1.54, 1.807) is 0 Å². The predicted octanol–water partition coefficient (Wildman–Crippen LogP) is 6.94. The quantitative estimate of drug-likeness (QED) is 0.493. The molecule has 2 heteroatoms. The summed E-state index contributed by atoms with van der Waals surface area (Å²) in [5.74, 6) is 0. The summed E-state index contributed by atoms with van der Waals surface area (Å²) in [7, 11) is 0. The van der Waals surface area contributed by atoms with Gasteiger partial charge in [-0.15, -0.1) is 0 Å². The number of rotatable bonds is 4. The van der Waals surface area contributed by atoms with Crippen molar-refractivity contribution in [3.05, 3.63) is 68.6 Å². The highest BCUT2D eigenvalue weighted by Crippen LogP contribution is 2.32. The van der Waals surface area contributed by atoms with Gasteiger partial charge >= 0.3 is 0 Å². The number of allylic oxidation sites excluding steroid dienone is 2. The summed E-state index contributed by atoms with van der Waals surface area (Å²) in [6, 6.07) is 17.2. The third-order valence-electron chi connectivity index (χ3n) is 3.46. The molecule has 0 aliphatic carbocycles. The summed E-state index contributed by atoms with van der Waals surface area (Å²) >= 11 is 7.00. The van der Waals surface area contributed by atoms with Crippen LogP contribution >= 0.6 is 31.9 Å². The van der Waals surface area contributed by atoms with Gasteiger partial charge in [0, 0.05) is 8.95 Å². The Morgan fingerprint density at radius 3 is 1.20 bits per heavy atom. The van der Waals surface area contributed by atoms with Crippen molar-refractivity contribution in [2.45, 2.75) is 26.7 Å². The Morgan fingerprint density at radius 1 is 0.650 bits per heavy atom. The summed E-state index contributed by atoms with van der Waals surface area (Å²) in [4.78, 5) is 0. The summed E-state index contributed by atoms with van der Waals surface area (Å²) in [5, 5.41) is 0. The van der Waals surface area contributed by atoms with Gasteiger partial charge in [0.25, 0.3) is 0 Å². The van der Waals surface area contributed by atoms with E-state index in [0.717, 1.165) is 21.8 Å². The molecule has 0 saturated heterocycles. The Kier molecular flexibility index (Phi) is 5.62. The maximum Gasteiger partial charge on any atom is 0.0175 e. The monoisotopic (exact) mass is 392 g/mol. The fraction of sp³-hybridized carbons (Fsp3) is 0.222. The van der Waals surface area contributed by atoms with Crippen molar-refractivity contribution in [1.29, 1.82) is 0 Å². The first kappa shape index (κ1) is 15.5. The molecular weight excluding hydrogens is 376 g/mol. The fourth-order valence-electron chi connectivity index (χ4n) is 2.49. The molecular formula is C18H18Br2. The molecule has 0 radical (unpaired) electrons. The molecule has 0 aliphatic rings. The zero-order valence-corrected chi connectivity index (χ0v) is 15.0. The third-order valence-corrected chi connectivity index (χ3v) is 4.51. The van der Waals surface area contributed by atoms with Gasteiger partial charge in [0.2, 0.25) is 0 Å². The highest BCUT2D eigenvalue weighted by Gasteiger charge is 2.08. The topological polar surface area (TPSA) is 0 Å².